The zero-order valence-electron chi connectivity index (χ0n) is 10.8. The van der Waals surface area contributed by atoms with E-state index in [1.165, 1.54) is 24.5 Å². The number of carbonyl (C=O) groups excluding carboxylic acids is 1. The third kappa shape index (κ3) is 2.70. The van der Waals surface area contributed by atoms with Crippen LogP contribution in [0.25, 0.3) is 11.0 Å². The molecule has 2 rings (SSSR count). The van der Waals surface area contributed by atoms with Crippen molar-refractivity contribution >= 4 is 22.8 Å². The molecule has 0 bridgehead atoms. The number of hydrogen-bond donors (Lipinski definition) is 0. The molecule has 0 fully saturated rings. The van der Waals surface area contributed by atoms with Gasteiger partial charge in [-0.05, 0) is 26.8 Å². The molecule has 1 heterocycles. The third-order valence-corrected chi connectivity index (χ3v) is 2.33. The molecule has 0 aliphatic carbocycles. The average Bonchev–Trinajstić information content (AvgIpc) is 2.68. The number of nitro benzene ring substituents is 1. The molecule has 19 heavy (non-hydrogen) atoms. The van der Waals surface area contributed by atoms with Crippen LogP contribution in [-0.2, 0) is 4.74 Å². The molecule has 7 nitrogen and oxygen atoms in total. The molecule has 0 saturated carbocycles. The van der Waals surface area contributed by atoms with E-state index < -0.39 is 16.6 Å². The molecule has 1 aromatic carbocycles. The minimum Gasteiger partial charge on any atom is -0.443 e. The Morgan fingerprint density at radius 3 is 2.68 bits per heavy atom. The van der Waals surface area contributed by atoms with Crippen molar-refractivity contribution in [1.82, 2.24) is 9.55 Å². The van der Waals surface area contributed by atoms with Gasteiger partial charge in [-0.25, -0.2) is 14.3 Å². The lowest BCUT2D eigenvalue weighted by molar-refractivity contribution is -0.384. The SMILES string of the molecule is CC(C)(C)OC(=O)n1cnc2ccc([N+](=O)[O-])cc21. The fourth-order valence-corrected chi connectivity index (χ4v) is 1.57. The van der Waals surface area contributed by atoms with Gasteiger partial charge in [-0.1, -0.05) is 0 Å². The van der Waals surface area contributed by atoms with Crippen molar-refractivity contribution in [3.63, 3.8) is 0 Å². The Labute approximate surface area is 109 Å². The molecular formula is C12H13N3O4. The third-order valence-electron chi connectivity index (χ3n) is 2.33. The lowest BCUT2D eigenvalue weighted by Crippen LogP contribution is -2.26. The number of hydrogen-bond acceptors (Lipinski definition) is 5. The number of aromatic nitrogens is 2. The zero-order valence-corrected chi connectivity index (χ0v) is 10.8. The molecule has 7 heteroatoms. The Morgan fingerprint density at radius 2 is 2.11 bits per heavy atom. The van der Waals surface area contributed by atoms with Gasteiger partial charge in [0, 0.05) is 12.1 Å². The number of fused-ring (bicyclic) bond motifs is 1. The zero-order chi connectivity index (χ0) is 14.2. The molecule has 0 aliphatic heterocycles. The van der Waals surface area contributed by atoms with Crippen LogP contribution in [0, 0.1) is 10.1 Å². The first-order valence-electron chi connectivity index (χ1n) is 5.63. The molecule has 0 amide bonds. The molecular weight excluding hydrogens is 250 g/mol. The second-order valence-electron chi connectivity index (χ2n) is 5.03. The summed E-state index contributed by atoms with van der Waals surface area (Å²) in [5, 5.41) is 10.7. The number of ether oxygens (including phenoxy) is 1. The molecule has 0 N–H and O–H groups in total. The van der Waals surface area contributed by atoms with E-state index in [2.05, 4.69) is 4.98 Å². The smallest absolute Gasteiger partial charge is 0.420 e. The maximum atomic E-state index is 11.9. The molecule has 0 saturated heterocycles. The molecule has 2 aromatic rings. The van der Waals surface area contributed by atoms with Gasteiger partial charge in [0.1, 0.15) is 11.9 Å². The molecule has 100 valence electrons. The van der Waals surface area contributed by atoms with Crippen molar-refractivity contribution < 1.29 is 14.5 Å². The Hall–Kier alpha value is -2.44. The maximum Gasteiger partial charge on any atom is 0.420 e. The summed E-state index contributed by atoms with van der Waals surface area (Å²) in [4.78, 5) is 26.2. The van der Waals surface area contributed by atoms with Crippen molar-refractivity contribution in [3.8, 4) is 0 Å². The highest BCUT2D eigenvalue weighted by atomic mass is 16.6. The summed E-state index contributed by atoms with van der Waals surface area (Å²) in [5.41, 5.74) is 0.103. The van der Waals surface area contributed by atoms with Crippen LogP contribution >= 0.6 is 0 Å². The second kappa shape index (κ2) is 4.34. The summed E-state index contributed by atoms with van der Waals surface area (Å²) in [6.45, 7) is 5.23. The Kier molecular flexibility index (Phi) is 2.97. The van der Waals surface area contributed by atoms with Gasteiger partial charge >= 0.3 is 6.09 Å². The Balaban J connectivity index is 2.46. The number of nitrogens with zero attached hydrogens (tertiary/aromatic N) is 3. The first-order chi connectivity index (χ1) is 8.78. The summed E-state index contributed by atoms with van der Waals surface area (Å²) in [7, 11) is 0. The summed E-state index contributed by atoms with van der Waals surface area (Å²) in [5.74, 6) is 0. The number of non-ortho nitro benzene ring substituents is 1. The average molecular weight is 263 g/mol. The monoisotopic (exact) mass is 263 g/mol. The second-order valence-corrected chi connectivity index (χ2v) is 5.03. The molecule has 0 atom stereocenters. The number of benzene rings is 1. The lowest BCUT2D eigenvalue weighted by Gasteiger charge is -2.19. The van der Waals surface area contributed by atoms with Crippen molar-refractivity contribution in [3.05, 3.63) is 34.6 Å². The standard InChI is InChI=1S/C12H13N3O4/c1-12(2,3)19-11(16)14-7-13-9-5-4-8(15(17)18)6-10(9)14/h4-7H,1-3H3. The van der Waals surface area contributed by atoms with E-state index in [1.807, 2.05) is 0 Å². The fourth-order valence-electron chi connectivity index (χ4n) is 1.57. The van der Waals surface area contributed by atoms with Crippen molar-refractivity contribution in [2.24, 2.45) is 0 Å². The van der Waals surface area contributed by atoms with Crippen molar-refractivity contribution in [2.75, 3.05) is 0 Å². The predicted octanol–water partition coefficient (Wildman–Crippen LogP) is 2.73. The van der Waals surface area contributed by atoms with Gasteiger partial charge < -0.3 is 4.74 Å². The Morgan fingerprint density at radius 1 is 1.42 bits per heavy atom. The van der Waals surface area contributed by atoms with E-state index in [0.29, 0.717) is 11.0 Å². The van der Waals surface area contributed by atoms with Crippen LogP contribution < -0.4 is 0 Å². The first kappa shape index (κ1) is 13.0. The first-order valence-corrected chi connectivity index (χ1v) is 5.63. The number of carbonyl (C=O) groups is 1. The summed E-state index contributed by atoms with van der Waals surface area (Å²) in [6.07, 6.45) is 0.679. The minimum atomic E-state index is -0.644. The predicted molar refractivity (Wildman–Crippen MR) is 68.0 cm³/mol. The van der Waals surface area contributed by atoms with E-state index in [1.54, 1.807) is 20.8 Å². The van der Waals surface area contributed by atoms with Gasteiger partial charge in [-0.15, -0.1) is 0 Å². The van der Waals surface area contributed by atoms with E-state index in [-0.39, 0.29) is 5.69 Å². The minimum absolute atomic E-state index is 0.0993. The summed E-state index contributed by atoms with van der Waals surface area (Å²) in [6, 6.07) is 4.13. The largest absolute Gasteiger partial charge is 0.443 e. The Bertz CT molecular complexity index is 655. The van der Waals surface area contributed by atoms with Gasteiger partial charge in [-0.3, -0.25) is 10.1 Å². The van der Waals surface area contributed by atoms with Gasteiger partial charge in [0.05, 0.1) is 16.0 Å². The van der Waals surface area contributed by atoms with Crippen molar-refractivity contribution in [2.45, 2.75) is 26.4 Å². The van der Waals surface area contributed by atoms with Crippen LogP contribution in [0.5, 0.6) is 0 Å². The fraction of sp³-hybridized carbons (Fsp3) is 0.333. The summed E-state index contributed by atoms with van der Waals surface area (Å²) < 4.78 is 6.37. The van der Waals surface area contributed by atoms with Crippen LogP contribution in [0.1, 0.15) is 20.8 Å². The highest BCUT2D eigenvalue weighted by molar-refractivity contribution is 5.87. The van der Waals surface area contributed by atoms with Crippen LogP contribution in [0.2, 0.25) is 0 Å². The highest BCUT2D eigenvalue weighted by Crippen LogP contribution is 2.21. The topological polar surface area (TPSA) is 87.3 Å². The van der Waals surface area contributed by atoms with E-state index in [4.69, 9.17) is 4.74 Å². The lowest BCUT2D eigenvalue weighted by atomic mass is 10.2. The van der Waals surface area contributed by atoms with Gasteiger partial charge in [0.15, 0.2) is 0 Å². The van der Waals surface area contributed by atoms with Gasteiger partial charge in [0.25, 0.3) is 5.69 Å². The van der Waals surface area contributed by atoms with Crippen LogP contribution in [-0.4, -0.2) is 26.2 Å². The van der Waals surface area contributed by atoms with Crippen LogP contribution in [0.15, 0.2) is 24.5 Å². The highest BCUT2D eigenvalue weighted by Gasteiger charge is 2.20. The molecule has 1 aromatic heterocycles. The van der Waals surface area contributed by atoms with Crippen molar-refractivity contribution in [1.29, 1.82) is 0 Å². The molecule has 0 radical (unpaired) electrons. The van der Waals surface area contributed by atoms with Gasteiger partial charge in [-0.2, -0.15) is 0 Å². The summed E-state index contributed by atoms with van der Waals surface area (Å²) >= 11 is 0. The number of rotatable bonds is 1. The van der Waals surface area contributed by atoms with E-state index >= 15 is 0 Å². The normalized spacial score (nSPS) is 11.5. The number of nitro groups is 1. The number of imidazole rings is 1. The quantitative estimate of drug-likeness (QED) is 0.583. The maximum absolute atomic E-state index is 11.9. The molecule has 0 unspecified atom stereocenters. The van der Waals surface area contributed by atoms with Crippen LogP contribution in [0.4, 0.5) is 10.5 Å². The van der Waals surface area contributed by atoms with E-state index in [9.17, 15) is 14.9 Å². The molecule has 0 aliphatic rings. The molecule has 0 spiro atoms. The van der Waals surface area contributed by atoms with E-state index in [0.717, 1.165) is 4.57 Å². The van der Waals surface area contributed by atoms with Crippen LogP contribution in [0.3, 0.4) is 0 Å². The van der Waals surface area contributed by atoms with Gasteiger partial charge in [0.2, 0.25) is 0 Å².